The molecule has 2 unspecified atom stereocenters. The lowest BCUT2D eigenvalue weighted by molar-refractivity contribution is -0.145. The van der Waals surface area contributed by atoms with Crippen LogP contribution >= 0.6 is 0 Å². The topological polar surface area (TPSA) is 61.5 Å². The molecule has 4 heteroatoms. The summed E-state index contributed by atoms with van der Waals surface area (Å²) in [5.41, 5.74) is 5.56. The van der Waals surface area contributed by atoms with E-state index < -0.39 is 12.0 Å². The van der Waals surface area contributed by atoms with E-state index >= 15 is 0 Å². The fourth-order valence-electron chi connectivity index (χ4n) is 0.776. The van der Waals surface area contributed by atoms with Gasteiger partial charge in [0, 0.05) is 6.61 Å². The Morgan fingerprint density at radius 2 is 1.92 bits per heavy atom. The van der Waals surface area contributed by atoms with E-state index in [9.17, 15) is 4.79 Å². The molecule has 0 bridgehead atoms. The highest BCUT2D eigenvalue weighted by Gasteiger charge is 2.21. The van der Waals surface area contributed by atoms with Crippen LogP contribution in [0, 0.1) is 5.92 Å². The van der Waals surface area contributed by atoms with Gasteiger partial charge in [-0.15, -0.1) is 0 Å². The zero-order valence-electron chi connectivity index (χ0n) is 8.74. The number of hydrogen-bond acceptors (Lipinski definition) is 4. The summed E-state index contributed by atoms with van der Waals surface area (Å²) in [4.78, 5) is 11.0. The molecular formula is C9H19NO3. The molecule has 0 aliphatic carbocycles. The second kappa shape index (κ2) is 5.94. The van der Waals surface area contributed by atoms with Crippen molar-refractivity contribution in [1.29, 1.82) is 0 Å². The minimum atomic E-state index is -0.691. The molecule has 0 amide bonds. The molecule has 0 fully saturated rings. The highest BCUT2D eigenvalue weighted by Crippen LogP contribution is 2.02. The summed E-state index contributed by atoms with van der Waals surface area (Å²) >= 11 is 0. The van der Waals surface area contributed by atoms with Crippen molar-refractivity contribution in [2.75, 3.05) is 13.7 Å². The van der Waals surface area contributed by atoms with Crippen LogP contribution in [0.2, 0.25) is 0 Å². The van der Waals surface area contributed by atoms with E-state index in [-0.39, 0.29) is 6.10 Å². The van der Waals surface area contributed by atoms with E-state index in [1.807, 2.05) is 13.8 Å². The van der Waals surface area contributed by atoms with E-state index in [0.717, 1.165) is 0 Å². The summed E-state index contributed by atoms with van der Waals surface area (Å²) in [6, 6.07) is -0.691. The first-order chi connectivity index (χ1) is 5.99. The lowest BCUT2D eigenvalue weighted by atomic mass is 10.2. The maximum Gasteiger partial charge on any atom is 0.325 e. The fraction of sp³-hybridized carbons (Fsp3) is 0.889. The van der Waals surface area contributed by atoms with Gasteiger partial charge in [0.15, 0.2) is 0 Å². The molecule has 0 aromatic rings. The second-order valence-corrected chi connectivity index (χ2v) is 3.48. The maximum atomic E-state index is 11.0. The van der Waals surface area contributed by atoms with Gasteiger partial charge in [0.1, 0.15) is 6.04 Å². The number of rotatable bonds is 5. The van der Waals surface area contributed by atoms with E-state index in [2.05, 4.69) is 4.74 Å². The Hall–Kier alpha value is -0.610. The summed E-state index contributed by atoms with van der Waals surface area (Å²) in [5, 5.41) is 0. The first kappa shape index (κ1) is 12.4. The molecule has 0 aromatic heterocycles. The Balaban J connectivity index is 3.82. The van der Waals surface area contributed by atoms with Crippen molar-refractivity contribution in [2.45, 2.75) is 32.9 Å². The molecule has 0 aliphatic heterocycles. The van der Waals surface area contributed by atoms with Crippen molar-refractivity contribution in [3.05, 3.63) is 0 Å². The Morgan fingerprint density at radius 1 is 1.38 bits per heavy atom. The zero-order chi connectivity index (χ0) is 10.4. The molecule has 0 spiro atoms. The molecule has 78 valence electrons. The predicted octanol–water partition coefficient (Wildman–Crippen LogP) is 0.548. The summed E-state index contributed by atoms with van der Waals surface area (Å²) < 4.78 is 9.86. The normalized spacial score (nSPS) is 15.5. The first-order valence-corrected chi connectivity index (χ1v) is 4.44. The van der Waals surface area contributed by atoms with Crippen LogP contribution in [0.1, 0.15) is 20.8 Å². The van der Waals surface area contributed by atoms with Crippen LogP contribution in [0.15, 0.2) is 0 Å². The van der Waals surface area contributed by atoms with Gasteiger partial charge >= 0.3 is 5.97 Å². The largest absolute Gasteiger partial charge is 0.468 e. The zero-order valence-corrected chi connectivity index (χ0v) is 8.74. The van der Waals surface area contributed by atoms with Crippen LogP contribution in [0.25, 0.3) is 0 Å². The van der Waals surface area contributed by atoms with Gasteiger partial charge in [0.25, 0.3) is 0 Å². The Kier molecular flexibility index (Phi) is 5.66. The Labute approximate surface area is 79.4 Å². The highest BCUT2D eigenvalue weighted by atomic mass is 16.5. The van der Waals surface area contributed by atoms with Gasteiger partial charge in [0.05, 0.1) is 13.2 Å². The molecular weight excluding hydrogens is 170 g/mol. The maximum absolute atomic E-state index is 11.0. The number of ether oxygens (including phenoxy) is 2. The number of carbonyl (C=O) groups excluding carboxylic acids is 1. The number of hydrogen-bond donors (Lipinski definition) is 1. The van der Waals surface area contributed by atoms with Crippen molar-refractivity contribution < 1.29 is 14.3 Å². The smallest absolute Gasteiger partial charge is 0.325 e. The van der Waals surface area contributed by atoms with E-state index in [0.29, 0.717) is 12.5 Å². The molecule has 2 N–H and O–H groups in total. The molecule has 0 rings (SSSR count). The molecule has 0 aromatic carbocycles. The van der Waals surface area contributed by atoms with Crippen LogP contribution in [0.5, 0.6) is 0 Å². The minimum Gasteiger partial charge on any atom is -0.468 e. The first-order valence-electron chi connectivity index (χ1n) is 4.44. The monoisotopic (exact) mass is 189 g/mol. The van der Waals surface area contributed by atoms with Crippen LogP contribution < -0.4 is 5.73 Å². The van der Waals surface area contributed by atoms with Gasteiger partial charge in [-0.2, -0.15) is 0 Å². The molecule has 2 atom stereocenters. The van der Waals surface area contributed by atoms with Crippen molar-refractivity contribution in [1.82, 2.24) is 0 Å². The van der Waals surface area contributed by atoms with Gasteiger partial charge in [-0.1, -0.05) is 13.8 Å². The number of esters is 1. The highest BCUT2D eigenvalue weighted by molar-refractivity contribution is 5.75. The van der Waals surface area contributed by atoms with Gasteiger partial charge in [-0.05, 0) is 12.8 Å². The SMILES string of the molecule is COC(=O)C(N)C(C)OCC(C)C. The predicted molar refractivity (Wildman–Crippen MR) is 50.2 cm³/mol. The molecule has 0 saturated carbocycles. The van der Waals surface area contributed by atoms with Crippen LogP contribution in [-0.2, 0) is 14.3 Å². The second-order valence-electron chi connectivity index (χ2n) is 3.48. The van der Waals surface area contributed by atoms with E-state index in [1.165, 1.54) is 7.11 Å². The molecule has 0 saturated heterocycles. The third-order valence-electron chi connectivity index (χ3n) is 1.67. The Bertz CT molecular complexity index is 159. The fourth-order valence-corrected chi connectivity index (χ4v) is 0.776. The average Bonchev–Trinajstić information content (AvgIpc) is 2.11. The minimum absolute atomic E-state index is 0.296. The summed E-state index contributed by atoms with van der Waals surface area (Å²) in [6.45, 7) is 6.45. The average molecular weight is 189 g/mol. The summed E-state index contributed by atoms with van der Waals surface area (Å²) in [6.07, 6.45) is -0.296. The quantitative estimate of drug-likeness (QED) is 0.641. The van der Waals surface area contributed by atoms with Gasteiger partial charge in [-0.3, -0.25) is 4.79 Å². The Morgan fingerprint density at radius 3 is 2.31 bits per heavy atom. The third-order valence-corrected chi connectivity index (χ3v) is 1.67. The van der Waals surface area contributed by atoms with Gasteiger partial charge in [0.2, 0.25) is 0 Å². The molecule has 0 aliphatic rings. The number of nitrogens with two attached hydrogens (primary N) is 1. The van der Waals surface area contributed by atoms with Crippen LogP contribution in [0.4, 0.5) is 0 Å². The standard InChI is InChI=1S/C9H19NO3/c1-6(2)5-13-7(3)8(10)9(11)12-4/h6-8H,5,10H2,1-4H3. The molecule has 0 heterocycles. The van der Waals surface area contributed by atoms with Crippen molar-refractivity contribution >= 4 is 5.97 Å². The summed E-state index contributed by atoms with van der Waals surface area (Å²) in [7, 11) is 1.32. The van der Waals surface area contributed by atoms with Crippen molar-refractivity contribution in [3.8, 4) is 0 Å². The molecule has 13 heavy (non-hydrogen) atoms. The van der Waals surface area contributed by atoms with Gasteiger partial charge < -0.3 is 15.2 Å². The van der Waals surface area contributed by atoms with E-state index in [4.69, 9.17) is 10.5 Å². The molecule has 4 nitrogen and oxygen atoms in total. The van der Waals surface area contributed by atoms with E-state index in [1.54, 1.807) is 6.92 Å². The molecule has 0 radical (unpaired) electrons. The van der Waals surface area contributed by atoms with Crippen molar-refractivity contribution in [3.63, 3.8) is 0 Å². The van der Waals surface area contributed by atoms with Gasteiger partial charge in [-0.25, -0.2) is 0 Å². The number of methoxy groups -OCH3 is 1. The van der Waals surface area contributed by atoms with Crippen molar-refractivity contribution in [2.24, 2.45) is 11.7 Å². The third kappa shape index (κ3) is 4.85. The van der Waals surface area contributed by atoms with Crippen LogP contribution in [-0.4, -0.2) is 31.8 Å². The summed E-state index contributed by atoms with van der Waals surface area (Å²) in [5.74, 6) is 0.00329. The lowest BCUT2D eigenvalue weighted by Gasteiger charge is -2.19. The van der Waals surface area contributed by atoms with Crippen LogP contribution in [0.3, 0.4) is 0 Å². The number of carbonyl (C=O) groups is 1. The lowest BCUT2D eigenvalue weighted by Crippen LogP contribution is -2.42.